The summed E-state index contributed by atoms with van der Waals surface area (Å²) in [7, 11) is -3.77. The predicted molar refractivity (Wildman–Crippen MR) is 118 cm³/mol. The number of nitrogens with one attached hydrogen (secondary N) is 2. The number of hydrogen-bond acceptors (Lipinski definition) is 5. The van der Waals surface area contributed by atoms with Gasteiger partial charge in [0.1, 0.15) is 11.5 Å². The van der Waals surface area contributed by atoms with Crippen molar-refractivity contribution in [3.05, 3.63) is 83.9 Å². The van der Waals surface area contributed by atoms with E-state index in [1.54, 1.807) is 30.3 Å². The van der Waals surface area contributed by atoms with Crippen LogP contribution in [0.1, 0.15) is 17.0 Å². The van der Waals surface area contributed by atoms with Gasteiger partial charge in [-0.15, -0.1) is 0 Å². The van der Waals surface area contributed by atoms with E-state index in [-0.39, 0.29) is 23.0 Å². The first-order valence-corrected chi connectivity index (χ1v) is 11.1. The highest BCUT2D eigenvalue weighted by atomic mass is 32.2. The number of fused-ring (bicyclic) bond motifs is 1. The van der Waals surface area contributed by atoms with Crippen molar-refractivity contribution in [3.63, 3.8) is 0 Å². The Labute approximate surface area is 180 Å². The molecular formula is C22H21N5O3S. The molecule has 3 aromatic heterocycles. The van der Waals surface area contributed by atoms with Gasteiger partial charge in [-0.05, 0) is 61.9 Å². The number of hydrogen-bond donors (Lipinski definition) is 2. The molecule has 0 saturated carbocycles. The second-order valence-corrected chi connectivity index (χ2v) is 8.78. The maximum atomic E-state index is 12.6. The summed E-state index contributed by atoms with van der Waals surface area (Å²) >= 11 is 0. The Kier molecular flexibility index (Phi) is 5.43. The molecule has 0 fully saturated rings. The van der Waals surface area contributed by atoms with Crippen LogP contribution >= 0.6 is 0 Å². The first-order chi connectivity index (χ1) is 14.8. The molecule has 0 radical (unpaired) electrons. The van der Waals surface area contributed by atoms with Crippen molar-refractivity contribution in [1.82, 2.24) is 14.4 Å². The van der Waals surface area contributed by atoms with Crippen molar-refractivity contribution < 1.29 is 13.2 Å². The summed E-state index contributed by atoms with van der Waals surface area (Å²) in [6, 6.07) is 14.8. The predicted octanol–water partition coefficient (Wildman–Crippen LogP) is 3.33. The van der Waals surface area contributed by atoms with E-state index >= 15 is 0 Å². The van der Waals surface area contributed by atoms with Crippen LogP contribution in [-0.4, -0.2) is 28.7 Å². The number of carbonyl (C=O) groups excluding carboxylic acids is 1. The zero-order valence-electron chi connectivity index (χ0n) is 17.0. The first-order valence-electron chi connectivity index (χ1n) is 9.60. The van der Waals surface area contributed by atoms with Gasteiger partial charge in [0.05, 0.1) is 22.7 Å². The van der Waals surface area contributed by atoms with Crippen LogP contribution in [0.15, 0.2) is 71.9 Å². The molecule has 0 spiro atoms. The maximum absolute atomic E-state index is 12.6. The van der Waals surface area contributed by atoms with Crippen LogP contribution in [-0.2, 0) is 21.2 Å². The summed E-state index contributed by atoms with van der Waals surface area (Å²) in [5, 5.41) is 2.81. The van der Waals surface area contributed by atoms with E-state index in [1.165, 1.54) is 18.3 Å². The number of carbonyl (C=O) groups is 1. The van der Waals surface area contributed by atoms with Gasteiger partial charge in [-0.2, -0.15) is 0 Å². The smallest absolute Gasteiger partial charge is 0.263 e. The van der Waals surface area contributed by atoms with E-state index in [0.717, 1.165) is 22.6 Å². The molecule has 0 unspecified atom stereocenters. The van der Waals surface area contributed by atoms with Crippen molar-refractivity contribution in [3.8, 4) is 0 Å². The Morgan fingerprint density at radius 2 is 1.81 bits per heavy atom. The Bertz CT molecular complexity index is 1350. The first kappa shape index (κ1) is 20.5. The van der Waals surface area contributed by atoms with Crippen molar-refractivity contribution in [2.45, 2.75) is 25.2 Å². The van der Waals surface area contributed by atoms with E-state index in [1.807, 2.05) is 36.6 Å². The number of anilines is 2. The average Bonchev–Trinajstić information content (AvgIpc) is 3.05. The van der Waals surface area contributed by atoms with Crippen molar-refractivity contribution in [2.75, 3.05) is 10.0 Å². The van der Waals surface area contributed by atoms with Gasteiger partial charge in [-0.1, -0.05) is 12.1 Å². The van der Waals surface area contributed by atoms with Crippen LogP contribution in [0.4, 0.5) is 11.5 Å². The highest BCUT2D eigenvalue weighted by Gasteiger charge is 2.16. The number of aromatic nitrogens is 3. The Hall–Kier alpha value is -3.72. The fraction of sp³-hybridized carbons (Fsp3) is 0.136. The number of rotatable bonds is 6. The molecule has 4 aromatic rings. The number of benzene rings is 1. The summed E-state index contributed by atoms with van der Waals surface area (Å²) in [5.41, 5.74) is 3.98. The molecule has 0 aliphatic heterocycles. The Morgan fingerprint density at radius 1 is 1.03 bits per heavy atom. The second-order valence-electron chi connectivity index (χ2n) is 7.10. The minimum absolute atomic E-state index is 0.0734. The molecule has 0 bridgehead atoms. The van der Waals surface area contributed by atoms with Gasteiger partial charge in [0.2, 0.25) is 5.91 Å². The molecule has 0 aliphatic rings. The summed E-state index contributed by atoms with van der Waals surface area (Å²) in [6.45, 7) is 3.85. The molecule has 4 rings (SSSR count). The third kappa shape index (κ3) is 4.41. The van der Waals surface area contributed by atoms with Gasteiger partial charge in [-0.25, -0.2) is 18.4 Å². The minimum Gasteiger partial charge on any atom is -0.326 e. The lowest BCUT2D eigenvalue weighted by molar-refractivity contribution is -0.115. The van der Waals surface area contributed by atoms with Crippen LogP contribution in [0, 0.1) is 13.8 Å². The zero-order valence-corrected chi connectivity index (χ0v) is 17.8. The Balaban J connectivity index is 1.46. The molecule has 0 saturated heterocycles. The van der Waals surface area contributed by atoms with E-state index in [4.69, 9.17) is 0 Å². The number of amides is 1. The zero-order chi connectivity index (χ0) is 22.0. The summed E-state index contributed by atoms with van der Waals surface area (Å²) < 4.78 is 29.3. The number of aryl methyl sites for hydroxylation is 2. The standard InChI is InChI=1S/C22H21N5O3S/c1-15-6-5-13-27-19(16(2)24-22(15)27)14-21(28)25-17-8-10-18(11-9-17)31(29,30)26-20-7-3-4-12-23-20/h3-13H,14H2,1-2H3,(H,23,26)(H,25,28). The van der Waals surface area contributed by atoms with Crippen LogP contribution in [0.5, 0.6) is 0 Å². The number of imidazole rings is 1. The molecule has 2 N–H and O–H groups in total. The molecular weight excluding hydrogens is 414 g/mol. The third-order valence-electron chi connectivity index (χ3n) is 4.82. The van der Waals surface area contributed by atoms with Crippen molar-refractivity contribution >= 4 is 33.1 Å². The quantitative estimate of drug-likeness (QED) is 0.483. The summed E-state index contributed by atoms with van der Waals surface area (Å²) in [4.78, 5) is 21.2. The van der Waals surface area contributed by atoms with Crippen LogP contribution in [0.2, 0.25) is 0 Å². The number of sulfonamides is 1. The van der Waals surface area contributed by atoms with Crippen LogP contribution in [0.3, 0.4) is 0 Å². The van der Waals surface area contributed by atoms with Gasteiger partial charge in [0.25, 0.3) is 10.0 Å². The van der Waals surface area contributed by atoms with Crippen molar-refractivity contribution in [2.24, 2.45) is 0 Å². The summed E-state index contributed by atoms with van der Waals surface area (Å²) in [5.74, 6) is 0.0205. The SMILES string of the molecule is Cc1nc2c(C)cccn2c1CC(=O)Nc1ccc(S(=O)(=O)Nc2ccccn2)cc1. The molecule has 1 amide bonds. The van der Waals surface area contributed by atoms with Gasteiger partial charge in [0.15, 0.2) is 0 Å². The van der Waals surface area contributed by atoms with Gasteiger partial charge < -0.3 is 9.72 Å². The van der Waals surface area contributed by atoms with E-state index < -0.39 is 10.0 Å². The van der Waals surface area contributed by atoms with Gasteiger partial charge in [0, 0.05) is 18.1 Å². The normalized spacial score (nSPS) is 11.4. The van der Waals surface area contributed by atoms with Crippen molar-refractivity contribution in [1.29, 1.82) is 0 Å². The third-order valence-corrected chi connectivity index (χ3v) is 6.20. The fourth-order valence-corrected chi connectivity index (χ4v) is 4.28. The minimum atomic E-state index is -3.77. The molecule has 0 atom stereocenters. The van der Waals surface area contributed by atoms with E-state index in [0.29, 0.717) is 5.69 Å². The molecule has 158 valence electrons. The molecule has 8 nitrogen and oxygen atoms in total. The highest BCUT2D eigenvalue weighted by molar-refractivity contribution is 7.92. The number of pyridine rings is 2. The average molecular weight is 436 g/mol. The molecule has 1 aromatic carbocycles. The highest BCUT2D eigenvalue weighted by Crippen LogP contribution is 2.19. The van der Waals surface area contributed by atoms with Gasteiger partial charge >= 0.3 is 0 Å². The monoisotopic (exact) mass is 435 g/mol. The molecule has 31 heavy (non-hydrogen) atoms. The maximum Gasteiger partial charge on any atom is 0.263 e. The van der Waals surface area contributed by atoms with Crippen LogP contribution < -0.4 is 10.0 Å². The number of nitrogens with zero attached hydrogens (tertiary/aromatic N) is 3. The molecule has 0 aliphatic carbocycles. The summed E-state index contributed by atoms with van der Waals surface area (Å²) in [6.07, 6.45) is 3.54. The van der Waals surface area contributed by atoms with Gasteiger partial charge in [-0.3, -0.25) is 9.52 Å². The largest absolute Gasteiger partial charge is 0.326 e. The lowest BCUT2D eigenvalue weighted by atomic mass is 10.2. The second kappa shape index (κ2) is 8.19. The topological polar surface area (TPSA) is 105 Å². The molecule has 9 heteroatoms. The van der Waals surface area contributed by atoms with Crippen LogP contribution in [0.25, 0.3) is 5.65 Å². The fourth-order valence-electron chi connectivity index (χ4n) is 3.27. The lowest BCUT2D eigenvalue weighted by Gasteiger charge is -2.09. The van der Waals surface area contributed by atoms with E-state index in [2.05, 4.69) is 20.0 Å². The lowest BCUT2D eigenvalue weighted by Crippen LogP contribution is -2.17. The van der Waals surface area contributed by atoms with E-state index in [9.17, 15) is 13.2 Å². The Morgan fingerprint density at radius 3 is 2.52 bits per heavy atom. The molecule has 3 heterocycles.